The van der Waals surface area contributed by atoms with Gasteiger partial charge in [0.15, 0.2) is 0 Å². The Kier molecular flexibility index (Phi) is 7.56. The van der Waals surface area contributed by atoms with Gasteiger partial charge in [-0.1, -0.05) is 6.07 Å². The molecule has 204 valence electrons. The fourth-order valence-electron chi connectivity index (χ4n) is 5.18. The van der Waals surface area contributed by atoms with Gasteiger partial charge in [0.2, 0.25) is 11.8 Å². The number of anilines is 2. The average molecular weight is 539 g/mol. The lowest BCUT2D eigenvalue weighted by atomic mass is 9.83. The Hall–Kier alpha value is -3.92. The molecule has 2 aliphatic rings. The molecular weight excluding hydrogens is 509 g/mol. The number of benzene rings is 2. The van der Waals surface area contributed by atoms with Crippen LogP contribution in [0.15, 0.2) is 54.7 Å². The number of rotatable bonds is 6. The number of ether oxygens (including phenoxy) is 1. The minimum absolute atomic E-state index is 0.155. The molecule has 3 N–H and O–H groups in total. The SMILES string of the molecule is CC(=O)Nc1cc(Oc2ccc3c(c2)CC(C(=O)Nc2cc(C4CCCN4)cc(C(F)(F)F)c2)CC3)ccn1. The number of hydrogen-bond donors (Lipinski definition) is 3. The lowest BCUT2D eigenvalue weighted by molar-refractivity contribution is -0.137. The van der Waals surface area contributed by atoms with E-state index in [1.807, 2.05) is 18.2 Å². The summed E-state index contributed by atoms with van der Waals surface area (Å²) in [6.07, 6.45) is 0.393. The standard InChI is InChI=1S/C29H29F3N4O3/c1-17(37)35-27-16-25(8-10-34-27)39-24-7-6-18-4-5-19(11-20(18)14-24)28(38)36-23-13-21(26-3-2-9-33-26)12-22(15-23)29(30,31)32/h6-8,10,12-16,19,26,33H,2-5,9,11H2,1H3,(H,36,38)(H,34,35,37). The highest BCUT2D eigenvalue weighted by atomic mass is 19.4. The first-order valence-corrected chi connectivity index (χ1v) is 12.9. The first kappa shape index (κ1) is 26.7. The Morgan fingerprint density at radius 3 is 2.56 bits per heavy atom. The molecule has 0 radical (unpaired) electrons. The summed E-state index contributed by atoms with van der Waals surface area (Å²) in [5.41, 5.74) is 1.99. The first-order chi connectivity index (χ1) is 18.6. The number of aryl methyl sites for hydroxylation is 1. The Bertz CT molecular complexity index is 1390. The second-order valence-electron chi connectivity index (χ2n) is 10.0. The summed E-state index contributed by atoms with van der Waals surface area (Å²) in [4.78, 5) is 28.6. The van der Waals surface area contributed by atoms with Crippen molar-refractivity contribution in [2.45, 2.75) is 51.2 Å². The summed E-state index contributed by atoms with van der Waals surface area (Å²) in [5.74, 6) is 0.510. The summed E-state index contributed by atoms with van der Waals surface area (Å²) >= 11 is 0. The van der Waals surface area contributed by atoms with Crippen molar-refractivity contribution in [1.82, 2.24) is 10.3 Å². The van der Waals surface area contributed by atoms with Gasteiger partial charge in [0.1, 0.15) is 17.3 Å². The lowest BCUT2D eigenvalue weighted by Crippen LogP contribution is -2.28. The van der Waals surface area contributed by atoms with Crippen molar-refractivity contribution in [2.75, 3.05) is 17.2 Å². The van der Waals surface area contributed by atoms with Gasteiger partial charge in [0, 0.05) is 36.8 Å². The highest BCUT2D eigenvalue weighted by Gasteiger charge is 2.33. The van der Waals surface area contributed by atoms with Gasteiger partial charge in [-0.25, -0.2) is 4.98 Å². The van der Waals surface area contributed by atoms with E-state index < -0.39 is 11.7 Å². The molecule has 39 heavy (non-hydrogen) atoms. The second-order valence-corrected chi connectivity index (χ2v) is 10.0. The van der Waals surface area contributed by atoms with E-state index in [4.69, 9.17) is 4.74 Å². The van der Waals surface area contributed by atoms with E-state index >= 15 is 0 Å². The van der Waals surface area contributed by atoms with Crippen LogP contribution in [-0.4, -0.2) is 23.3 Å². The van der Waals surface area contributed by atoms with Gasteiger partial charge >= 0.3 is 6.18 Å². The number of nitrogens with zero attached hydrogens (tertiary/aromatic N) is 1. The topological polar surface area (TPSA) is 92.3 Å². The Labute approximate surface area is 224 Å². The highest BCUT2D eigenvalue weighted by Crippen LogP contribution is 2.36. The number of alkyl halides is 3. The third-order valence-corrected chi connectivity index (χ3v) is 7.06. The number of pyridine rings is 1. The quantitative estimate of drug-likeness (QED) is 0.357. The number of amides is 2. The molecule has 1 aromatic heterocycles. The molecule has 1 saturated heterocycles. The van der Waals surface area contributed by atoms with Crippen molar-refractivity contribution in [3.05, 3.63) is 77.0 Å². The molecule has 2 aromatic carbocycles. The van der Waals surface area contributed by atoms with Gasteiger partial charge in [0.05, 0.1) is 5.56 Å². The molecule has 2 unspecified atom stereocenters. The molecule has 2 atom stereocenters. The molecule has 0 bridgehead atoms. The summed E-state index contributed by atoms with van der Waals surface area (Å²) in [6, 6.07) is 12.6. The molecular formula is C29H29F3N4O3. The highest BCUT2D eigenvalue weighted by molar-refractivity contribution is 5.93. The number of nitrogens with one attached hydrogen (secondary N) is 3. The van der Waals surface area contributed by atoms with E-state index in [0.29, 0.717) is 42.1 Å². The predicted molar refractivity (Wildman–Crippen MR) is 141 cm³/mol. The van der Waals surface area contributed by atoms with Crippen molar-refractivity contribution in [3.8, 4) is 11.5 Å². The maximum absolute atomic E-state index is 13.6. The Balaban J connectivity index is 1.30. The monoisotopic (exact) mass is 538 g/mol. The minimum Gasteiger partial charge on any atom is -0.457 e. The number of fused-ring (bicyclic) bond motifs is 1. The van der Waals surface area contributed by atoms with Crippen LogP contribution in [0.3, 0.4) is 0 Å². The van der Waals surface area contributed by atoms with E-state index in [0.717, 1.165) is 36.6 Å². The molecule has 2 heterocycles. The molecule has 3 aromatic rings. The second kappa shape index (κ2) is 11.1. The van der Waals surface area contributed by atoms with Gasteiger partial charge in [-0.05, 0) is 91.7 Å². The van der Waals surface area contributed by atoms with Crippen LogP contribution in [0.1, 0.15) is 54.5 Å². The molecule has 10 heteroatoms. The van der Waals surface area contributed by atoms with Crippen LogP contribution in [0.4, 0.5) is 24.7 Å². The van der Waals surface area contributed by atoms with Crippen molar-refractivity contribution in [3.63, 3.8) is 0 Å². The van der Waals surface area contributed by atoms with Gasteiger partial charge in [-0.3, -0.25) is 9.59 Å². The fourth-order valence-corrected chi connectivity index (χ4v) is 5.18. The normalized spacial score (nSPS) is 18.8. The van der Waals surface area contributed by atoms with E-state index in [1.165, 1.54) is 19.2 Å². The average Bonchev–Trinajstić information content (AvgIpc) is 3.43. The summed E-state index contributed by atoms with van der Waals surface area (Å²) in [6.45, 7) is 2.15. The van der Waals surface area contributed by atoms with Crippen molar-refractivity contribution < 1.29 is 27.5 Å². The molecule has 7 nitrogen and oxygen atoms in total. The smallest absolute Gasteiger partial charge is 0.416 e. The van der Waals surface area contributed by atoms with Crippen molar-refractivity contribution in [2.24, 2.45) is 5.92 Å². The van der Waals surface area contributed by atoms with E-state index in [9.17, 15) is 22.8 Å². The third kappa shape index (κ3) is 6.57. The largest absolute Gasteiger partial charge is 0.457 e. The number of hydrogen-bond acceptors (Lipinski definition) is 5. The Morgan fingerprint density at radius 1 is 1.00 bits per heavy atom. The van der Waals surface area contributed by atoms with Crippen molar-refractivity contribution in [1.29, 1.82) is 0 Å². The van der Waals surface area contributed by atoms with Crippen LogP contribution >= 0.6 is 0 Å². The first-order valence-electron chi connectivity index (χ1n) is 12.9. The van der Waals surface area contributed by atoms with Crippen LogP contribution in [-0.2, 0) is 28.6 Å². The van der Waals surface area contributed by atoms with Crippen LogP contribution in [0, 0.1) is 5.92 Å². The summed E-state index contributed by atoms with van der Waals surface area (Å²) < 4.78 is 46.8. The number of halogens is 3. The van der Waals surface area contributed by atoms with Gasteiger partial charge < -0.3 is 20.7 Å². The van der Waals surface area contributed by atoms with E-state index in [-0.39, 0.29) is 29.5 Å². The molecule has 1 aliphatic heterocycles. The Morgan fingerprint density at radius 2 is 1.82 bits per heavy atom. The zero-order chi connectivity index (χ0) is 27.6. The van der Waals surface area contributed by atoms with Gasteiger partial charge in [-0.15, -0.1) is 0 Å². The molecule has 1 fully saturated rings. The van der Waals surface area contributed by atoms with Crippen LogP contribution in [0.5, 0.6) is 11.5 Å². The predicted octanol–water partition coefficient (Wildman–Crippen LogP) is 6.02. The van der Waals surface area contributed by atoms with E-state index in [2.05, 4.69) is 20.9 Å². The lowest BCUT2D eigenvalue weighted by Gasteiger charge is -2.25. The molecule has 1 aliphatic carbocycles. The number of carbonyl (C=O) groups excluding carboxylic acids is 2. The van der Waals surface area contributed by atoms with Crippen LogP contribution in [0.2, 0.25) is 0 Å². The zero-order valence-electron chi connectivity index (χ0n) is 21.4. The summed E-state index contributed by atoms with van der Waals surface area (Å²) in [5, 5.41) is 8.59. The molecule has 2 amide bonds. The number of aromatic nitrogens is 1. The van der Waals surface area contributed by atoms with Gasteiger partial charge in [0.25, 0.3) is 0 Å². The van der Waals surface area contributed by atoms with Crippen molar-refractivity contribution >= 4 is 23.3 Å². The maximum atomic E-state index is 13.6. The van der Waals surface area contributed by atoms with E-state index in [1.54, 1.807) is 18.2 Å². The summed E-state index contributed by atoms with van der Waals surface area (Å²) in [7, 11) is 0. The minimum atomic E-state index is -4.51. The fraction of sp³-hybridized carbons (Fsp3) is 0.345. The van der Waals surface area contributed by atoms with Crippen LogP contribution < -0.4 is 20.7 Å². The maximum Gasteiger partial charge on any atom is 0.416 e. The molecule has 0 spiro atoms. The number of carbonyl (C=O) groups is 2. The zero-order valence-corrected chi connectivity index (χ0v) is 21.4. The van der Waals surface area contributed by atoms with Crippen LogP contribution in [0.25, 0.3) is 0 Å². The van der Waals surface area contributed by atoms with Gasteiger partial charge in [-0.2, -0.15) is 13.2 Å². The third-order valence-electron chi connectivity index (χ3n) is 7.06. The molecule has 5 rings (SSSR count). The molecule has 0 saturated carbocycles.